The number of alkyl halides is 1. The van der Waals surface area contributed by atoms with Crippen molar-refractivity contribution >= 4 is 6.09 Å². The molecule has 2 aliphatic rings. The summed E-state index contributed by atoms with van der Waals surface area (Å²) in [5, 5.41) is 9.54. The molecule has 2 saturated heterocycles. The lowest BCUT2D eigenvalue weighted by atomic mass is 9.98. The van der Waals surface area contributed by atoms with Crippen molar-refractivity contribution in [3.8, 4) is 0 Å². The van der Waals surface area contributed by atoms with Crippen LogP contribution in [-0.4, -0.2) is 46.1 Å². The van der Waals surface area contributed by atoms with Crippen molar-refractivity contribution in [1.82, 2.24) is 4.90 Å². The van der Waals surface area contributed by atoms with Gasteiger partial charge in [-0.3, -0.25) is 4.90 Å². The number of hydrogen-bond donors (Lipinski definition) is 1. The van der Waals surface area contributed by atoms with Crippen LogP contribution in [0.2, 0.25) is 0 Å². The smallest absolute Gasteiger partial charge is 0.410 e. The van der Waals surface area contributed by atoms with Gasteiger partial charge in [0, 0.05) is 6.04 Å². The van der Waals surface area contributed by atoms with Crippen LogP contribution in [0, 0.1) is 0 Å². The molecule has 17 heavy (non-hydrogen) atoms. The number of fused-ring (bicyclic) bond motifs is 2. The van der Waals surface area contributed by atoms with E-state index in [1.54, 1.807) is 20.8 Å². The number of ether oxygens (including phenoxy) is 1. The topological polar surface area (TPSA) is 49.8 Å². The molecular formula is C12H20FNO3. The molecule has 0 spiro atoms. The summed E-state index contributed by atoms with van der Waals surface area (Å²) in [6.45, 7) is 5.37. The van der Waals surface area contributed by atoms with Crippen molar-refractivity contribution in [2.75, 3.05) is 0 Å². The molecule has 0 saturated carbocycles. The predicted molar refractivity (Wildman–Crippen MR) is 60.4 cm³/mol. The molecule has 1 N–H and O–H groups in total. The SMILES string of the molecule is CC(C)(C)OC(=O)N1C2CCC1C(F)C(O)C2. The van der Waals surface area contributed by atoms with Gasteiger partial charge in [-0.1, -0.05) is 0 Å². The summed E-state index contributed by atoms with van der Waals surface area (Å²) in [7, 11) is 0. The lowest BCUT2D eigenvalue weighted by Gasteiger charge is -2.39. The summed E-state index contributed by atoms with van der Waals surface area (Å²) in [5.41, 5.74) is -0.571. The molecule has 2 aliphatic heterocycles. The number of amides is 1. The van der Waals surface area contributed by atoms with Crippen LogP contribution in [-0.2, 0) is 4.74 Å². The Morgan fingerprint density at radius 2 is 2.06 bits per heavy atom. The van der Waals surface area contributed by atoms with E-state index in [-0.39, 0.29) is 6.04 Å². The van der Waals surface area contributed by atoms with Crippen LogP contribution in [0.5, 0.6) is 0 Å². The Bertz CT molecular complexity index is 315. The maximum atomic E-state index is 13.8. The fraction of sp³-hybridized carbons (Fsp3) is 0.917. The quantitative estimate of drug-likeness (QED) is 0.708. The third kappa shape index (κ3) is 2.39. The highest BCUT2D eigenvalue weighted by Gasteiger charge is 2.50. The van der Waals surface area contributed by atoms with E-state index in [1.165, 1.54) is 4.90 Å². The lowest BCUT2D eigenvalue weighted by Crippen LogP contribution is -2.55. The standard InChI is InChI=1S/C12H20FNO3/c1-12(2,3)17-11(16)14-7-4-5-8(14)10(13)9(15)6-7/h7-10,15H,4-6H2,1-3H3. The van der Waals surface area contributed by atoms with Gasteiger partial charge in [-0.15, -0.1) is 0 Å². The van der Waals surface area contributed by atoms with Gasteiger partial charge in [0.2, 0.25) is 0 Å². The third-order valence-corrected chi connectivity index (χ3v) is 3.40. The zero-order chi connectivity index (χ0) is 12.8. The van der Waals surface area contributed by atoms with E-state index in [0.717, 1.165) is 6.42 Å². The van der Waals surface area contributed by atoms with E-state index in [0.29, 0.717) is 12.8 Å². The van der Waals surface area contributed by atoms with E-state index in [1.807, 2.05) is 0 Å². The molecule has 0 aromatic heterocycles. The average Bonchev–Trinajstić information content (AvgIpc) is 2.51. The number of nitrogens with zero attached hydrogens (tertiary/aromatic N) is 1. The summed E-state index contributed by atoms with van der Waals surface area (Å²) in [5.74, 6) is 0. The van der Waals surface area contributed by atoms with Crippen LogP contribution in [0.4, 0.5) is 9.18 Å². The number of carbonyl (C=O) groups is 1. The highest BCUT2D eigenvalue weighted by atomic mass is 19.1. The molecule has 4 unspecified atom stereocenters. The van der Waals surface area contributed by atoms with Crippen LogP contribution in [0.3, 0.4) is 0 Å². The molecule has 5 heteroatoms. The van der Waals surface area contributed by atoms with Crippen molar-refractivity contribution in [2.45, 2.75) is 70.0 Å². The van der Waals surface area contributed by atoms with E-state index in [4.69, 9.17) is 4.74 Å². The van der Waals surface area contributed by atoms with Crippen molar-refractivity contribution < 1.29 is 19.0 Å². The minimum absolute atomic E-state index is 0.0724. The van der Waals surface area contributed by atoms with Crippen molar-refractivity contribution in [1.29, 1.82) is 0 Å². The van der Waals surface area contributed by atoms with Crippen molar-refractivity contribution in [2.24, 2.45) is 0 Å². The highest BCUT2D eigenvalue weighted by molar-refractivity contribution is 5.69. The van der Waals surface area contributed by atoms with E-state index >= 15 is 0 Å². The van der Waals surface area contributed by atoms with E-state index in [9.17, 15) is 14.3 Å². The Hall–Kier alpha value is -0.840. The number of piperidine rings is 1. The zero-order valence-electron chi connectivity index (χ0n) is 10.5. The van der Waals surface area contributed by atoms with Crippen LogP contribution < -0.4 is 0 Å². The first kappa shape index (κ1) is 12.6. The molecule has 0 aromatic carbocycles. The highest BCUT2D eigenvalue weighted by Crippen LogP contribution is 2.38. The molecule has 2 fully saturated rings. The number of hydrogen-bond acceptors (Lipinski definition) is 3. The number of rotatable bonds is 0. The first-order valence-corrected chi connectivity index (χ1v) is 6.13. The summed E-state index contributed by atoms with van der Waals surface area (Å²) in [4.78, 5) is 13.5. The molecule has 1 amide bonds. The van der Waals surface area contributed by atoms with Gasteiger partial charge >= 0.3 is 6.09 Å². The van der Waals surface area contributed by atoms with Crippen LogP contribution >= 0.6 is 0 Å². The lowest BCUT2D eigenvalue weighted by molar-refractivity contribution is -0.0478. The van der Waals surface area contributed by atoms with Crippen molar-refractivity contribution in [3.05, 3.63) is 0 Å². The number of carbonyl (C=O) groups excluding carboxylic acids is 1. The summed E-state index contributed by atoms with van der Waals surface area (Å²) < 4.78 is 19.1. The van der Waals surface area contributed by atoms with E-state index in [2.05, 4.69) is 0 Å². The molecule has 0 aromatic rings. The molecule has 2 rings (SSSR count). The zero-order valence-corrected chi connectivity index (χ0v) is 10.5. The molecule has 0 radical (unpaired) electrons. The average molecular weight is 245 g/mol. The summed E-state index contributed by atoms with van der Waals surface area (Å²) in [6.07, 6.45) is -1.06. The van der Waals surface area contributed by atoms with Crippen LogP contribution in [0.15, 0.2) is 0 Å². The Morgan fingerprint density at radius 1 is 1.41 bits per heavy atom. The van der Waals surface area contributed by atoms with Crippen LogP contribution in [0.25, 0.3) is 0 Å². The van der Waals surface area contributed by atoms with Gasteiger partial charge in [-0.25, -0.2) is 9.18 Å². The molecule has 98 valence electrons. The normalized spacial score (nSPS) is 37.1. The second-order valence-electron chi connectivity index (χ2n) is 5.93. The second kappa shape index (κ2) is 4.12. The monoisotopic (exact) mass is 245 g/mol. The van der Waals surface area contributed by atoms with Gasteiger partial charge in [0.05, 0.1) is 12.1 Å². The molecule has 0 aliphatic carbocycles. The summed E-state index contributed by atoms with van der Waals surface area (Å²) >= 11 is 0. The number of aliphatic hydroxyl groups excluding tert-OH is 1. The van der Waals surface area contributed by atoms with Gasteiger partial charge in [-0.2, -0.15) is 0 Å². The van der Waals surface area contributed by atoms with Gasteiger partial charge in [0.1, 0.15) is 11.8 Å². The first-order chi connectivity index (χ1) is 7.79. The number of aliphatic hydroxyl groups is 1. The van der Waals surface area contributed by atoms with Gasteiger partial charge in [0.15, 0.2) is 0 Å². The molecule has 2 heterocycles. The largest absolute Gasteiger partial charge is 0.444 e. The predicted octanol–water partition coefficient (Wildman–Crippen LogP) is 1.86. The molecular weight excluding hydrogens is 225 g/mol. The fourth-order valence-corrected chi connectivity index (χ4v) is 2.72. The van der Waals surface area contributed by atoms with Gasteiger partial charge in [0.25, 0.3) is 0 Å². The molecule has 2 bridgehead atoms. The van der Waals surface area contributed by atoms with Crippen molar-refractivity contribution in [3.63, 3.8) is 0 Å². The Kier molecular flexibility index (Phi) is 3.06. The molecule has 4 nitrogen and oxygen atoms in total. The molecule has 4 atom stereocenters. The maximum absolute atomic E-state index is 13.8. The Balaban J connectivity index is 2.10. The van der Waals surface area contributed by atoms with E-state index < -0.39 is 30.0 Å². The van der Waals surface area contributed by atoms with Gasteiger partial charge < -0.3 is 9.84 Å². The minimum Gasteiger partial charge on any atom is -0.444 e. The fourth-order valence-electron chi connectivity index (χ4n) is 2.72. The minimum atomic E-state index is -1.35. The number of halogens is 1. The Labute approximate surface area is 101 Å². The summed E-state index contributed by atoms with van der Waals surface area (Å²) in [6, 6.07) is -0.588. The first-order valence-electron chi connectivity index (χ1n) is 6.13. The third-order valence-electron chi connectivity index (χ3n) is 3.40. The Morgan fingerprint density at radius 3 is 2.65 bits per heavy atom. The maximum Gasteiger partial charge on any atom is 0.410 e. The second-order valence-corrected chi connectivity index (χ2v) is 5.93. The van der Waals surface area contributed by atoms with Crippen LogP contribution in [0.1, 0.15) is 40.0 Å². The van der Waals surface area contributed by atoms with Gasteiger partial charge in [-0.05, 0) is 40.0 Å².